The second-order valence-corrected chi connectivity index (χ2v) is 6.60. The highest BCUT2D eigenvalue weighted by Gasteiger charge is 2.26. The number of rotatable bonds is 7. The quantitative estimate of drug-likeness (QED) is 0.300. The Bertz CT molecular complexity index is 995. The first-order valence-electron chi connectivity index (χ1n) is 8.80. The third-order valence-corrected chi connectivity index (χ3v) is 5.03. The summed E-state index contributed by atoms with van der Waals surface area (Å²) in [7, 11) is 2.67. The standard InChI is InChI=1S/C21H23NO7/c1-11-7-15(14(4)13(3)12(11)2)18(23)10-29-21(24)16-8-19(27-5)20(28-6)9-17(16)22(25)26/h7-9H,10H2,1-6H3. The lowest BCUT2D eigenvalue weighted by Gasteiger charge is -2.14. The summed E-state index contributed by atoms with van der Waals surface area (Å²) in [5, 5.41) is 11.3. The average molecular weight is 401 g/mol. The van der Waals surface area contributed by atoms with E-state index in [4.69, 9.17) is 14.2 Å². The molecule has 0 heterocycles. The van der Waals surface area contributed by atoms with E-state index in [1.54, 1.807) is 6.07 Å². The zero-order valence-electron chi connectivity index (χ0n) is 17.2. The van der Waals surface area contributed by atoms with Crippen molar-refractivity contribution in [1.29, 1.82) is 0 Å². The normalized spacial score (nSPS) is 10.4. The van der Waals surface area contributed by atoms with Gasteiger partial charge in [0.05, 0.1) is 25.2 Å². The van der Waals surface area contributed by atoms with Crippen molar-refractivity contribution in [3.63, 3.8) is 0 Å². The number of hydrogen-bond acceptors (Lipinski definition) is 7. The summed E-state index contributed by atoms with van der Waals surface area (Å²) >= 11 is 0. The van der Waals surface area contributed by atoms with Gasteiger partial charge in [0.2, 0.25) is 5.78 Å². The maximum Gasteiger partial charge on any atom is 0.345 e. The molecule has 29 heavy (non-hydrogen) atoms. The van der Waals surface area contributed by atoms with Crippen LogP contribution >= 0.6 is 0 Å². The van der Waals surface area contributed by atoms with Crippen molar-refractivity contribution in [1.82, 2.24) is 0 Å². The molecule has 2 aromatic rings. The summed E-state index contributed by atoms with van der Waals surface area (Å²) in [6, 6.07) is 4.00. The molecule has 2 rings (SSSR count). The van der Waals surface area contributed by atoms with Crippen LogP contribution in [0.5, 0.6) is 11.5 Å². The van der Waals surface area contributed by atoms with Crippen LogP contribution in [0.2, 0.25) is 0 Å². The largest absolute Gasteiger partial charge is 0.493 e. The number of methoxy groups -OCH3 is 2. The lowest BCUT2D eigenvalue weighted by atomic mass is 9.93. The Balaban J connectivity index is 2.30. The molecule has 0 aliphatic heterocycles. The van der Waals surface area contributed by atoms with E-state index in [1.807, 2.05) is 27.7 Å². The van der Waals surface area contributed by atoms with Gasteiger partial charge in [-0.2, -0.15) is 0 Å². The molecule has 0 N–H and O–H groups in total. The van der Waals surface area contributed by atoms with E-state index >= 15 is 0 Å². The van der Waals surface area contributed by atoms with Crippen LogP contribution in [0.15, 0.2) is 18.2 Å². The summed E-state index contributed by atoms with van der Waals surface area (Å²) in [6.45, 7) is 7.09. The van der Waals surface area contributed by atoms with Crippen LogP contribution in [0.4, 0.5) is 5.69 Å². The van der Waals surface area contributed by atoms with Gasteiger partial charge in [-0.15, -0.1) is 0 Å². The van der Waals surface area contributed by atoms with Crippen LogP contribution in [0.25, 0.3) is 0 Å². The number of carbonyl (C=O) groups excluding carboxylic acids is 2. The highest BCUT2D eigenvalue weighted by molar-refractivity contribution is 6.02. The number of hydrogen-bond donors (Lipinski definition) is 0. The van der Waals surface area contributed by atoms with Gasteiger partial charge in [0.15, 0.2) is 18.1 Å². The third kappa shape index (κ3) is 4.37. The smallest absolute Gasteiger partial charge is 0.345 e. The number of carbonyl (C=O) groups is 2. The maximum absolute atomic E-state index is 12.6. The molecule has 0 spiro atoms. The molecule has 0 fully saturated rings. The van der Waals surface area contributed by atoms with Crippen LogP contribution in [-0.4, -0.2) is 37.5 Å². The van der Waals surface area contributed by atoms with E-state index in [0.717, 1.165) is 34.4 Å². The summed E-state index contributed by atoms with van der Waals surface area (Å²) < 4.78 is 15.2. The molecule has 0 aromatic heterocycles. The summed E-state index contributed by atoms with van der Waals surface area (Å²) in [6.07, 6.45) is 0. The monoisotopic (exact) mass is 401 g/mol. The van der Waals surface area contributed by atoms with E-state index in [2.05, 4.69) is 0 Å². The van der Waals surface area contributed by atoms with Crippen molar-refractivity contribution in [3.05, 3.63) is 61.7 Å². The van der Waals surface area contributed by atoms with Crippen molar-refractivity contribution in [3.8, 4) is 11.5 Å². The third-order valence-electron chi connectivity index (χ3n) is 5.03. The Morgan fingerprint density at radius 1 is 0.897 bits per heavy atom. The molecule has 154 valence electrons. The van der Waals surface area contributed by atoms with Crippen LogP contribution < -0.4 is 9.47 Å². The number of Topliss-reactive ketones (excluding diaryl/α,β-unsaturated/α-hetero) is 1. The Kier molecular flexibility index (Phi) is 6.58. The first-order chi connectivity index (χ1) is 13.6. The molecule has 0 unspecified atom stereocenters. The molecule has 0 saturated heterocycles. The van der Waals surface area contributed by atoms with Gasteiger partial charge in [0.1, 0.15) is 5.56 Å². The van der Waals surface area contributed by atoms with Crippen LogP contribution in [0, 0.1) is 37.8 Å². The second kappa shape index (κ2) is 8.72. The van der Waals surface area contributed by atoms with E-state index in [-0.39, 0.29) is 22.8 Å². The van der Waals surface area contributed by atoms with Gasteiger partial charge in [0, 0.05) is 11.6 Å². The molecule has 0 bridgehead atoms. The Labute approximate surface area is 168 Å². The number of benzene rings is 2. The fourth-order valence-electron chi connectivity index (χ4n) is 2.97. The van der Waals surface area contributed by atoms with E-state index in [0.29, 0.717) is 5.56 Å². The Morgan fingerprint density at radius 3 is 2.03 bits per heavy atom. The van der Waals surface area contributed by atoms with Crippen LogP contribution in [0.3, 0.4) is 0 Å². The maximum atomic E-state index is 12.6. The molecule has 0 atom stereocenters. The molecule has 2 aromatic carbocycles. The van der Waals surface area contributed by atoms with Crippen molar-refractivity contribution in [2.45, 2.75) is 27.7 Å². The van der Waals surface area contributed by atoms with Crippen LogP contribution in [0.1, 0.15) is 43.0 Å². The molecular weight excluding hydrogens is 378 g/mol. The minimum Gasteiger partial charge on any atom is -0.493 e. The number of aryl methyl sites for hydroxylation is 1. The number of nitro benzene ring substituents is 1. The summed E-state index contributed by atoms with van der Waals surface area (Å²) in [4.78, 5) is 35.7. The first kappa shape index (κ1) is 21.9. The first-order valence-corrected chi connectivity index (χ1v) is 8.80. The fourth-order valence-corrected chi connectivity index (χ4v) is 2.97. The SMILES string of the molecule is COc1cc(C(=O)OCC(=O)c2cc(C)c(C)c(C)c2C)c([N+](=O)[O-])cc1OC. The van der Waals surface area contributed by atoms with Crippen molar-refractivity contribution >= 4 is 17.4 Å². The molecule has 0 aliphatic rings. The van der Waals surface area contributed by atoms with Gasteiger partial charge in [0.25, 0.3) is 5.69 Å². The number of ketones is 1. The Morgan fingerprint density at radius 2 is 1.48 bits per heavy atom. The molecule has 8 heteroatoms. The number of ether oxygens (including phenoxy) is 3. The molecular formula is C21H23NO7. The number of nitro groups is 1. The van der Waals surface area contributed by atoms with Crippen molar-refractivity contribution in [2.24, 2.45) is 0 Å². The van der Waals surface area contributed by atoms with Gasteiger partial charge in [-0.1, -0.05) is 0 Å². The van der Waals surface area contributed by atoms with E-state index in [1.165, 1.54) is 14.2 Å². The molecule has 0 aliphatic carbocycles. The zero-order valence-corrected chi connectivity index (χ0v) is 17.2. The average Bonchev–Trinajstić information content (AvgIpc) is 2.71. The van der Waals surface area contributed by atoms with Crippen molar-refractivity contribution in [2.75, 3.05) is 20.8 Å². The summed E-state index contributed by atoms with van der Waals surface area (Å²) in [5.41, 5.74) is 3.49. The topological polar surface area (TPSA) is 105 Å². The predicted molar refractivity (Wildman–Crippen MR) is 106 cm³/mol. The predicted octanol–water partition coefficient (Wildman–Crippen LogP) is 3.89. The lowest BCUT2D eigenvalue weighted by Crippen LogP contribution is -2.17. The minimum absolute atomic E-state index is 0.105. The number of nitrogens with zero attached hydrogens (tertiary/aromatic N) is 1. The minimum atomic E-state index is -0.996. The molecule has 0 amide bonds. The highest BCUT2D eigenvalue weighted by Crippen LogP contribution is 2.34. The van der Waals surface area contributed by atoms with Crippen molar-refractivity contribution < 1.29 is 28.7 Å². The van der Waals surface area contributed by atoms with Gasteiger partial charge in [-0.05, 0) is 56.0 Å². The van der Waals surface area contributed by atoms with Gasteiger partial charge < -0.3 is 14.2 Å². The van der Waals surface area contributed by atoms with Gasteiger partial charge in [-0.3, -0.25) is 14.9 Å². The zero-order chi connectivity index (χ0) is 21.9. The highest BCUT2D eigenvalue weighted by atomic mass is 16.6. The number of esters is 1. The molecule has 8 nitrogen and oxygen atoms in total. The van der Waals surface area contributed by atoms with Crippen LogP contribution in [-0.2, 0) is 4.74 Å². The van der Waals surface area contributed by atoms with E-state index in [9.17, 15) is 19.7 Å². The van der Waals surface area contributed by atoms with E-state index < -0.39 is 23.2 Å². The Hall–Kier alpha value is -3.42. The fraction of sp³-hybridized carbons (Fsp3) is 0.333. The van der Waals surface area contributed by atoms with Gasteiger partial charge in [-0.25, -0.2) is 4.79 Å². The molecule has 0 radical (unpaired) electrons. The lowest BCUT2D eigenvalue weighted by molar-refractivity contribution is -0.385. The second-order valence-electron chi connectivity index (χ2n) is 6.60. The molecule has 0 saturated carbocycles. The summed E-state index contributed by atoms with van der Waals surface area (Å²) in [5.74, 6) is -1.14. The van der Waals surface area contributed by atoms with Gasteiger partial charge >= 0.3 is 5.97 Å².